The number of halogens is 2. The van der Waals surface area contributed by atoms with Crippen LogP contribution in [0.1, 0.15) is 31.4 Å². The molecule has 1 amide bonds. The number of hydrogen-bond donors (Lipinski definition) is 1. The van der Waals surface area contributed by atoms with Crippen LogP contribution in [0, 0.1) is 5.41 Å². The van der Waals surface area contributed by atoms with Crippen LogP contribution in [0.3, 0.4) is 0 Å². The zero-order chi connectivity index (χ0) is 15.7. The van der Waals surface area contributed by atoms with Gasteiger partial charge < -0.3 is 10.6 Å². The molecule has 0 aromatic heterocycles. The number of fused-ring (bicyclic) bond motifs is 1. The lowest BCUT2D eigenvalue weighted by Gasteiger charge is -2.35. The maximum atomic E-state index is 12.8. The lowest BCUT2D eigenvalue weighted by molar-refractivity contribution is -0.136. The van der Waals surface area contributed by atoms with Gasteiger partial charge in [-0.05, 0) is 42.9 Å². The van der Waals surface area contributed by atoms with E-state index in [1.165, 1.54) is 11.1 Å². The highest BCUT2D eigenvalue weighted by Crippen LogP contribution is 2.29. The summed E-state index contributed by atoms with van der Waals surface area (Å²) in [7, 11) is 0. The molecule has 4 nitrogen and oxygen atoms in total. The Morgan fingerprint density at radius 1 is 1.25 bits per heavy atom. The van der Waals surface area contributed by atoms with Crippen molar-refractivity contribution < 1.29 is 4.79 Å². The first-order chi connectivity index (χ1) is 10.5. The molecule has 2 unspecified atom stereocenters. The Morgan fingerprint density at radius 2 is 1.92 bits per heavy atom. The number of amides is 1. The van der Waals surface area contributed by atoms with E-state index in [4.69, 9.17) is 5.73 Å². The molecule has 1 aromatic rings. The lowest BCUT2D eigenvalue weighted by Crippen LogP contribution is -2.48. The number of rotatable bonds is 3. The summed E-state index contributed by atoms with van der Waals surface area (Å²) in [6, 6.07) is 8.52. The number of likely N-dealkylation sites (tertiary alicyclic amines) is 1. The highest BCUT2D eigenvalue weighted by Gasteiger charge is 2.37. The Morgan fingerprint density at radius 3 is 2.54 bits per heavy atom. The van der Waals surface area contributed by atoms with Crippen LogP contribution in [-0.4, -0.2) is 47.9 Å². The van der Waals surface area contributed by atoms with Crippen LogP contribution in [0.15, 0.2) is 24.3 Å². The molecule has 0 spiro atoms. The summed E-state index contributed by atoms with van der Waals surface area (Å²) in [4.78, 5) is 17.1. The molecule has 0 bridgehead atoms. The third kappa shape index (κ3) is 4.23. The van der Waals surface area contributed by atoms with Gasteiger partial charge in [0.05, 0.1) is 6.04 Å². The van der Waals surface area contributed by atoms with Crippen molar-refractivity contribution in [3.8, 4) is 0 Å². The fourth-order valence-corrected chi connectivity index (χ4v) is 3.65. The third-order valence-corrected chi connectivity index (χ3v) is 5.43. The van der Waals surface area contributed by atoms with Crippen LogP contribution in [0.25, 0.3) is 0 Å². The number of nitrogens with zero attached hydrogens (tertiary/aromatic N) is 2. The van der Waals surface area contributed by atoms with E-state index in [-0.39, 0.29) is 42.2 Å². The Bertz CT molecular complexity index is 569. The number of carbonyl (C=O) groups excluding carboxylic acids is 1. The number of carbonyl (C=O) groups is 1. The predicted octanol–water partition coefficient (Wildman–Crippen LogP) is 2.47. The minimum atomic E-state index is -0.0477. The van der Waals surface area contributed by atoms with Crippen molar-refractivity contribution in [3.05, 3.63) is 35.4 Å². The van der Waals surface area contributed by atoms with Crippen LogP contribution in [-0.2, 0) is 17.8 Å². The quantitative estimate of drug-likeness (QED) is 0.884. The molecular formula is C18H29Cl2N3O. The monoisotopic (exact) mass is 373 g/mol. The smallest absolute Gasteiger partial charge is 0.239 e. The molecule has 3 rings (SSSR count). The first-order valence-electron chi connectivity index (χ1n) is 8.32. The molecule has 2 aliphatic heterocycles. The van der Waals surface area contributed by atoms with Gasteiger partial charge in [0.25, 0.3) is 0 Å². The molecule has 1 aromatic carbocycles. The van der Waals surface area contributed by atoms with Crippen LogP contribution in [0.4, 0.5) is 0 Å². The summed E-state index contributed by atoms with van der Waals surface area (Å²) in [5, 5.41) is 0. The summed E-state index contributed by atoms with van der Waals surface area (Å²) >= 11 is 0. The van der Waals surface area contributed by atoms with Crippen LogP contribution < -0.4 is 5.73 Å². The normalized spacial score (nSPS) is 24.5. The molecular weight excluding hydrogens is 345 g/mol. The van der Waals surface area contributed by atoms with Gasteiger partial charge in [-0.25, -0.2) is 0 Å². The highest BCUT2D eigenvalue weighted by molar-refractivity contribution is 5.85. The lowest BCUT2D eigenvalue weighted by atomic mass is 9.90. The van der Waals surface area contributed by atoms with Gasteiger partial charge in [-0.3, -0.25) is 9.69 Å². The standard InChI is InChI=1S/C18H27N3O.2ClH/c1-14(17(22)21-10-8-18(2,12-19)13-21)20-9-7-15-5-3-4-6-16(15)11-20;;/h3-6,14H,7-13,19H2,1-2H3;2*1H. The molecule has 2 aliphatic rings. The van der Waals surface area contributed by atoms with E-state index in [2.05, 4.69) is 36.1 Å². The minimum Gasteiger partial charge on any atom is -0.341 e. The average molecular weight is 374 g/mol. The first-order valence-corrected chi connectivity index (χ1v) is 8.32. The molecule has 1 fully saturated rings. The second-order valence-electron chi connectivity index (χ2n) is 7.19. The molecule has 0 radical (unpaired) electrons. The maximum absolute atomic E-state index is 12.8. The van der Waals surface area contributed by atoms with Crippen molar-refractivity contribution in [1.29, 1.82) is 0 Å². The van der Waals surface area contributed by atoms with Gasteiger partial charge in [-0.2, -0.15) is 0 Å². The van der Waals surface area contributed by atoms with Crippen molar-refractivity contribution >= 4 is 30.7 Å². The van der Waals surface area contributed by atoms with Crippen molar-refractivity contribution in [3.63, 3.8) is 0 Å². The van der Waals surface area contributed by atoms with E-state index in [1.54, 1.807) is 0 Å². The van der Waals surface area contributed by atoms with E-state index in [1.807, 2.05) is 11.8 Å². The Labute approximate surface area is 157 Å². The Kier molecular flexibility index (Phi) is 7.54. The van der Waals surface area contributed by atoms with Gasteiger partial charge in [0, 0.05) is 26.2 Å². The van der Waals surface area contributed by atoms with Crippen molar-refractivity contribution in [1.82, 2.24) is 9.80 Å². The van der Waals surface area contributed by atoms with Crippen molar-refractivity contribution in [2.45, 2.75) is 39.3 Å². The van der Waals surface area contributed by atoms with Gasteiger partial charge in [-0.15, -0.1) is 24.8 Å². The minimum absolute atomic E-state index is 0. The molecule has 2 atom stereocenters. The fourth-order valence-electron chi connectivity index (χ4n) is 3.65. The van der Waals surface area contributed by atoms with Gasteiger partial charge >= 0.3 is 0 Å². The van der Waals surface area contributed by atoms with E-state index >= 15 is 0 Å². The van der Waals surface area contributed by atoms with E-state index in [0.717, 1.165) is 39.0 Å². The molecule has 1 saturated heterocycles. The molecule has 6 heteroatoms. The average Bonchev–Trinajstić information content (AvgIpc) is 2.96. The third-order valence-electron chi connectivity index (χ3n) is 5.43. The zero-order valence-electron chi connectivity index (χ0n) is 14.5. The topological polar surface area (TPSA) is 49.6 Å². The molecule has 24 heavy (non-hydrogen) atoms. The molecule has 0 aliphatic carbocycles. The van der Waals surface area contributed by atoms with Gasteiger partial charge in [0.15, 0.2) is 0 Å². The number of hydrogen-bond acceptors (Lipinski definition) is 3. The second-order valence-corrected chi connectivity index (χ2v) is 7.19. The largest absolute Gasteiger partial charge is 0.341 e. The van der Waals surface area contributed by atoms with E-state index < -0.39 is 0 Å². The maximum Gasteiger partial charge on any atom is 0.239 e. The van der Waals surface area contributed by atoms with E-state index in [0.29, 0.717) is 6.54 Å². The van der Waals surface area contributed by atoms with Crippen LogP contribution in [0.2, 0.25) is 0 Å². The Balaban J connectivity index is 0.00000144. The first kappa shape index (κ1) is 21.2. The molecule has 2 N–H and O–H groups in total. The van der Waals surface area contributed by atoms with Crippen molar-refractivity contribution in [2.75, 3.05) is 26.2 Å². The van der Waals surface area contributed by atoms with E-state index in [9.17, 15) is 4.79 Å². The SMILES string of the molecule is CC(C(=O)N1CCC(C)(CN)C1)N1CCc2ccccc2C1.Cl.Cl. The summed E-state index contributed by atoms with van der Waals surface area (Å²) < 4.78 is 0. The molecule has 136 valence electrons. The fraction of sp³-hybridized carbons (Fsp3) is 0.611. The number of nitrogens with two attached hydrogens (primary N) is 1. The predicted molar refractivity (Wildman–Crippen MR) is 103 cm³/mol. The van der Waals surface area contributed by atoms with Gasteiger partial charge in [-0.1, -0.05) is 31.2 Å². The molecule has 0 saturated carbocycles. The van der Waals surface area contributed by atoms with Gasteiger partial charge in [0.1, 0.15) is 0 Å². The summed E-state index contributed by atoms with van der Waals surface area (Å²) in [5.74, 6) is 0.261. The number of benzene rings is 1. The zero-order valence-corrected chi connectivity index (χ0v) is 16.2. The highest BCUT2D eigenvalue weighted by atomic mass is 35.5. The Hall–Kier alpha value is -0.810. The second kappa shape index (κ2) is 8.52. The van der Waals surface area contributed by atoms with Crippen molar-refractivity contribution in [2.24, 2.45) is 11.1 Å². The van der Waals surface area contributed by atoms with Gasteiger partial charge in [0.2, 0.25) is 5.91 Å². The summed E-state index contributed by atoms with van der Waals surface area (Å²) in [5.41, 5.74) is 8.74. The summed E-state index contributed by atoms with van der Waals surface area (Å²) in [6.07, 6.45) is 2.05. The molecule has 2 heterocycles. The van der Waals surface area contributed by atoms with Crippen LogP contribution in [0.5, 0.6) is 0 Å². The van der Waals surface area contributed by atoms with Crippen LogP contribution >= 0.6 is 24.8 Å². The summed E-state index contributed by atoms with van der Waals surface area (Å²) in [6.45, 7) is 8.38.